The molecule has 0 heterocycles. The molecule has 1 aromatic rings. The summed E-state index contributed by atoms with van der Waals surface area (Å²) in [7, 11) is 0. The number of rotatable bonds is 4. The van der Waals surface area contributed by atoms with Gasteiger partial charge in [-0.2, -0.15) is 0 Å². The summed E-state index contributed by atoms with van der Waals surface area (Å²) in [5.41, 5.74) is 1.43. The number of carbonyl (C=O) groups excluding carboxylic acids is 1. The van der Waals surface area contributed by atoms with E-state index in [0.29, 0.717) is 12.2 Å². The number of phenols is 1. The molecule has 4 nitrogen and oxygen atoms in total. The van der Waals surface area contributed by atoms with Gasteiger partial charge in [-0.25, -0.2) is 4.79 Å². The smallest absolute Gasteiger partial charge is 0.319 e. The number of phenolic OH excluding ortho intramolecular Hbond substituents is 1. The van der Waals surface area contributed by atoms with E-state index in [-0.39, 0.29) is 11.8 Å². The van der Waals surface area contributed by atoms with Gasteiger partial charge < -0.3 is 15.7 Å². The van der Waals surface area contributed by atoms with Crippen molar-refractivity contribution in [3.05, 3.63) is 23.8 Å². The number of aryl methyl sites for hydroxylation is 1. The number of nitrogens with one attached hydrogen (secondary N) is 2. The lowest BCUT2D eigenvalue weighted by Gasteiger charge is -2.08. The highest BCUT2D eigenvalue weighted by Gasteiger charge is 2.02. The van der Waals surface area contributed by atoms with Crippen molar-refractivity contribution in [1.29, 1.82) is 0 Å². The first-order valence-electron chi connectivity index (χ1n) is 5.48. The molecule has 0 atom stereocenters. The Morgan fingerprint density at radius 2 is 2.19 bits per heavy atom. The van der Waals surface area contributed by atoms with E-state index in [4.69, 9.17) is 0 Å². The lowest BCUT2D eigenvalue weighted by Crippen LogP contribution is -2.29. The van der Waals surface area contributed by atoms with Gasteiger partial charge in [0.25, 0.3) is 0 Å². The lowest BCUT2D eigenvalue weighted by molar-refractivity contribution is 0.252. The zero-order valence-corrected chi connectivity index (χ0v) is 9.71. The van der Waals surface area contributed by atoms with Crippen LogP contribution in [-0.4, -0.2) is 17.7 Å². The second-order valence-electron chi connectivity index (χ2n) is 3.74. The van der Waals surface area contributed by atoms with Gasteiger partial charge in [-0.15, -0.1) is 0 Å². The number of aromatic hydroxyl groups is 1. The second kappa shape index (κ2) is 6.00. The topological polar surface area (TPSA) is 61.4 Å². The van der Waals surface area contributed by atoms with E-state index in [2.05, 4.69) is 17.6 Å². The summed E-state index contributed by atoms with van der Waals surface area (Å²) in [6, 6.07) is 4.76. The van der Waals surface area contributed by atoms with Crippen LogP contribution in [0.15, 0.2) is 18.2 Å². The van der Waals surface area contributed by atoms with Crippen molar-refractivity contribution in [2.45, 2.75) is 26.7 Å². The van der Waals surface area contributed by atoms with E-state index in [0.717, 1.165) is 18.4 Å². The van der Waals surface area contributed by atoms with Crippen LogP contribution in [0.3, 0.4) is 0 Å². The van der Waals surface area contributed by atoms with Crippen LogP contribution in [-0.2, 0) is 0 Å². The second-order valence-corrected chi connectivity index (χ2v) is 3.74. The molecule has 0 aliphatic carbocycles. The number of amides is 2. The average Bonchev–Trinajstić information content (AvgIpc) is 2.24. The van der Waals surface area contributed by atoms with E-state index in [1.54, 1.807) is 25.1 Å². The normalized spacial score (nSPS) is 9.88. The number of hydrogen-bond donors (Lipinski definition) is 3. The molecule has 0 aliphatic rings. The average molecular weight is 222 g/mol. The third-order valence-corrected chi connectivity index (χ3v) is 2.27. The SMILES string of the molecule is CCCCNC(=O)Nc1ccc(O)c(C)c1. The Bertz CT molecular complexity index is 364. The van der Waals surface area contributed by atoms with Gasteiger partial charge in [0.05, 0.1) is 0 Å². The monoisotopic (exact) mass is 222 g/mol. The van der Waals surface area contributed by atoms with Crippen molar-refractivity contribution >= 4 is 11.7 Å². The van der Waals surface area contributed by atoms with E-state index < -0.39 is 0 Å². The van der Waals surface area contributed by atoms with E-state index >= 15 is 0 Å². The quantitative estimate of drug-likeness (QED) is 0.541. The Kier molecular flexibility index (Phi) is 4.64. The summed E-state index contributed by atoms with van der Waals surface area (Å²) in [6.07, 6.45) is 2.03. The van der Waals surface area contributed by atoms with Gasteiger partial charge in [-0.3, -0.25) is 0 Å². The minimum absolute atomic E-state index is 0.210. The Labute approximate surface area is 95.7 Å². The van der Waals surface area contributed by atoms with Crippen LogP contribution in [0.25, 0.3) is 0 Å². The van der Waals surface area contributed by atoms with Gasteiger partial charge in [0, 0.05) is 12.2 Å². The molecule has 0 aromatic heterocycles. The van der Waals surface area contributed by atoms with Crippen molar-refractivity contribution in [3.8, 4) is 5.75 Å². The molecule has 0 saturated heterocycles. The van der Waals surface area contributed by atoms with Crippen LogP contribution in [0.2, 0.25) is 0 Å². The van der Waals surface area contributed by atoms with Crippen molar-refractivity contribution in [2.75, 3.05) is 11.9 Å². The molecule has 0 unspecified atom stereocenters. The van der Waals surface area contributed by atoms with Crippen molar-refractivity contribution in [3.63, 3.8) is 0 Å². The zero-order valence-electron chi connectivity index (χ0n) is 9.71. The minimum Gasteiger partial charge on any atom is -0.508 e. The van der Waals surface area contributed by atoms with E-state index in [9.17, 15) is 9.90 Å². The molecule has 2 amide bonds. The fourth-order valence-corrected chi connectivity index (χ4v) is 1.29. The molecule has 0 radical (unpaired) electrons. The van der Waals surface area contributed by atoms with Crippen LogP contribution in [0.4, 0.5) is 10.5 Å². The molecule has 0 aliphatic heterocycles. The summed E-state index contributed by atoms with van der Waals surface area (Å²) < 4.78 is 0. The van der Waals surface area contributed by atoms with Crippen LogP contribution in [0, 0.1) is 6.92 Å². The fraction of sp³-hybridized carbons (Fsp3) is 0.417. The molecule has 1 rings (SSSR count). The maximum atomic E-state index is 11.4. The van der Waals surface area contributed by atoms with E-state index in [1.165, 1.54) is 0 Å². The Morgan fingerprint density at radius 3 is 2.81 bits per heavy atom. The molecule has 0 fully saturated rings. The Morgan fingerprint density at radius 1 is 1.44 bits per heavy atom. The summed E-state index contributed by atoms with van der Waals surface area (Å²) in [4.78, 5) is 11.4. The van der Waals surface area contributed by atoms with Crippen LogP contribution >= 0.6 is 0 Å². The summed E-state index contributed by atoms with van der Waals surface area (Å²) in [5.74, 6) is 0.233. The molecule has 3 N–H and O–H groups in total. The van der Waals surface area contributed by atoms with Crippen molar-refractivity contribution in [2.24, 2.45) is 0 Å². The van der Waals surface area contributed by atoms with Crippen LogP contribution in [0.1, 0.15) is 25.3 Å². The molecule has 0 spiro atoms. The number of benzene rings is 1. The first kappa shape index (κ1) is 12.4. The molecular weight excluding hydrogens is 204 g/mol. The van der Waals surface area contributed by atoms with Crippen LogP contribution in [0.5, 0.6) is 5.75 Å². The number of carbonyl (C=O) groups is 1. The maximum absolute atomic E-state index is 11.4. The molecule has 88 valence electrons. The standard InChI is InChI=1S/C12H18N2O2/c1-3-4-7-13-12(16)14-10-5-6-11(15)9(2)8-10/h5-6,8,15H,3-4,7H2,1-2H3,(H2,13,14,16). The van der Waals surface area contributed by atoms with Crippen molar-refractivity contribution < 1.29 is 9.90 Å². The number of unbranched alkanes of at least 4 members (excludes halogenated alkanes) is 1. The number of urea groups is 1. The van der Waals surface area contributed by atoms with Gasteiger partial charge in [-0.05, 0) is 37.1 Å². The third-order valence-electron chi connectivity index (χ3n) is 2.27. The predicted octanol–water partition coefficient (Wildman–Crippen LogP) is 2.62. The third kappa shape index (κ3) is 3.81. The molecule has 0 saturated carbocycles. The summed E-state index contributed by atoms with van der Waals surface area (Å²) in [5, 5.41) is 14.8. The number of anilines is 1. The molecule has 4 heteroatoms. The van der Waals surface area contributed by atoms with Gasteiger partial charge in [-0.1, -0.05) is 13.3 Å². The molecular formula is C12H18N2O2. The van der Waals surface area contributed by atoms with Crippen molar-refractivity contribution in [1.82, 2.24) is 5.32 Å². The zero-order chi connectivity index (χ0) is 12.0. The summed E-state index contributed by atoms with van der Waals surface area (Å²) in [6.45, 7) is 4.54. The Hall–Kier alpha value is -1.71. The fourth-order valence-electron chi connectivity index (χ4n) is 1.29. The number of hydrogen-bond acceptors (Lipinski definition) is 2. The molecule has 1 aromatic carbocycles. The van der Waals surface area contributed by atoms with Gasteiger partial charge in [0.15, 0.2) is 0 Å². The first-order chi connectivity index (χ1) is 7.63. The Balaban J connectivity index is 2.46. The summed E-state index contributed by atoms with van der Waals surface area (Å²) >= 11 is 0. The minimum atomic E-state index is -0.210. The predicted molar refractivity (Wildman–Crippen MR) is 64.8 cm³/mol. The molecule has 0 bridgehead atoms. The highest BCUT2D eigenvalue weighted by atomic mass is 16.3. The van der Waals surface area contributed by atoms with E-state index in [1.807, 2.05) is 0 Å². The lowest BCUT2D eigenvalue weighted by atomic mass is 10.2. The largest absolute Gasteiger partial charge is 0.508 e. The van der Waals surface area contributed by atoms with Gasteiger partial charge >= 0.3 is 6.03 Å². The first-order valence-corrected chi connectivity index (χ1v) is 5.48. The maximum Gasteiger partial charge on any atom is 0.319 e. The van der Waals surface area contributed by atoms with Gasteiger partial charge in [0.1, 0.15) is 5.75 Å². The van der Waals surface area contributed by atoms with Crippen LogP contribution < -0.4 is 10.6 Å². The molecule has 16 heavy (non-hydrogen) atoms. The van der Waals surface area contributed by atoms with Gasteiger partial charge in [0.2, 0.25) is 0 Å². The highest BCUT2D eigenvalue weighted by molar-refractivity contribution is 5.89. The highest BCUT2D eigenvalue weighted by Crippen LogP contribution is 2.19.